The first-order valence-corrected chi connectivity index (χ1v) is 9.42. The lowest BCUT2D eigenvalue weighted by Gasteiger charge is -2.26. The summed E-state index contributed by atoms with van der Waals surface area (Å²) in [5.74, 6) is -2.66. The van der Waals surface area contributed by atoms with Gasteiger partial charge < -0.3 is 14.7 Å². The highest BCUT2D eigenvalue weighted by Gasteiger charge is 2.47. The van der Waals surface area contributed by atoms with Gasteiger partial charge in [-0.3, -0.25) is 4.79 Å². The van der Waals surface area contributed by atoms with Crippen LogP contribution >= 0.6 is 11.6 Å². The molecule has 0 unspecified atom stereocenters. The predicted molar refractivity (Wildman–Crippen MR) is 101 cm³/mol. The van der Waals surface area contributed by atoms with Gasteiger partial charge in [0.15, 0.2) is 0 Å². The number of ether oxygens (including phenoxy) is 1. The minimum atomic E-state index is -4.56. The van der Waals surface area contributed by atoms with Gasteiger partial charge in [0.25, 0.3) is 0 Å². The van der Waals surface area contributed by atoms with Crippen LogP contribution < -0.4 is 9.64 Å². The quantitative estimate of drug-likeness (QED) is 0.518. The van der Waals surface area contributed by atoms with Crippen LogP contribution in [0.5, 0.6) is 11.5 Å². The summed E-state index contributed by atoms with van der Waals surface area (Å²) in [6.07, 6.45) is -9.75. The fourth-order valence-corrected chi connectivity index (χ4v) is 3.68. The molecule has 11 heteroatoms. The number of hydrogen-bond donors (Lipinski definition) is 1. The maximum atomic E-state index is 13.1. The Labute approximate surface area is 178 Å². The van der Waals surface area contributed by atoms with Crippen molar-refractivity contribution < 1.29 is 41.0 Å². The Kier molecular flexibility index (Phi) is 6.31. The van der Waals surface area contributed by atoms with Crippen LogP contribution in [0.15, 0.2) is 42.5 Å². The van der Waals surface area contributed by atoms with Gasteiger partial charge in [0, 0.05) is 18.3 Å². The molecule has 1 saturated heterocycles. The van der Waals surface area contributed by atoms with E-state index < -0.39 is 42.3 Å². The number of carboxylic acids is 1. The maximum Gasteiger partial charge on any atom is 0.416 e. The topological polar surface area (TPSA) is 49.8 Å². The summed E-state index contributed by atoms with van der Waals surface area (Å²) in [7, 11) is 0. The molecule has 2 aromatic rings. The SMILES string of the molecule is O=C(O)C[C@@H]1C[C@H](C(F)(F)F)CN1c1ccc(Oc2ccc(C(F)(F)F)cc2Cl)cc1. The average molecular weight is 468 g/mol. The summed E-state index contributed by atoms with van der Waals surface area (Å²) in [6, 6.07) is 7.54. The summed E-state index contributed by atoms with van der Waals surface area (Å²) in [4.78, 5) is 12.4. The van der Waals surface area contributed by atoms with Gasteiger partial charge >= 0.3 is 18.3 Å². The predicted octanol–water partition coefficient (Wildman–Crippen LogP) is 6.38. The summed E-state index contributed by atoms with van der Waals surface area (Å²) in [5, 5.41) is 8.76. The monoisotopic (exact) mass is 467 g/mol. The molecule has 1 aliphatic heterocycles. The Morgan fingerprint density at radius 2 is 1.74 bits per heavy atom. The van der Waals surface area contributed by atoms with Crippen LogP contribution in [-0.2, 0) is 11.0 Å². The zero-order valence-electron chi connectivity index (χ0n) is 15.7. The van der Waals surface area contributed by atoms with Crippen molar-refractivity contribution in [2.45, 2.75) is 31.2 Å². The van der Waals surface area contributed by atoms with Crippen molar-refractivity contribution in [3.8, 4) is 11.5 Å². The number of carboxylic acid groups (broad SMARTS) is 1. The van der Waals surface area contributed by atoms with E-state index in [1.54, 1.807) is 0 Å². The number of aliphatic carboxylic acids is 1. The number of benzene rings is 2. The normalized spacial score (nSPS) is 19.5. The van der Waals surface area contributed by atoms with Gasteiger partial charge in [-0.25, -0.2) is 0 Å². The van der Waals surface area contributed by atoms with E-state index in [0.29, 0.717) is 5.69 Å². The summed E-state index contributed by atoms with van der Waals surface area (Å²) < 4.78 is 83.0. The molecular formula is C20H16ClF6NO3. The van der Waals surface area contributed by atoms with E-state index in [2.05, 4.69) is 0 Å². The second-order valence-electron chi connectivity index (χ2n) is 7.12. The molecule has 0 saturated carbocycles. The summed E-state index contributed by atoms with van der Waals surface area (Å²) in [5.41, 5.74) is -0.554. The minimum absolute atomic E-state index is 0.0236. The number of anilines is 1. The molecule has 1 heterocycles. The molecule has 2 atom stereocenters. The van der Waals surface area contributed by atoms with E-state index in [0.717, 1.165) is 18.2 Å². The van der Waals surface area contributed by atoms with Crippen LogP contribution in [-0.4, -0.2) is 29.8 Å². The Hall–Kier alpha value is -2.62. The molecule has 2 aromatic carbocycles. The van der Waals surface area contributed by atoms with Gasteiger partial charge in [-0.1, -0.05) is 11.6 Å². The third-order valence-electron chi connectivity index (χ3n) is 4.94. The van der Waals surface area contributed by atoms with Crippen molar-refractivity contribution in [2.75, 3.05) is 11.4 Å². The molecular weight excluding hydrogens is 452 g/mol. The number of rotatable bonds is 5. The van der Waals surface area contributed by atoms with Crippen molar-refractivity contribution in [3.05, 3.63) is 53.1 Å². The molecule has 4 nitrogen and oxygen atoms in total. The van der Waals surface area contributed by atoms with Crippen LogP contribution in [0, 0.1) is 5.92 Å². The second-order valence-corrected chi connectivity index (χ2v) is 7.52. The zero-order chi connectivity index (χ0) is 23.0. The highest BCUT2D eigenvalue weighted by Crippen LogP contribution is 2.41. The van der Waals surface area contributed by atoms with Gasteiger partial charge in [0.1, 0.15) is 11.5 Å². The minimum Gasteiger partial charge on any atom is -0.481 e. The van der Waals surface area contributed by atoms with Gasteiger partial charge in [-0.2, -0.15) is 26.3 Å². The molecule has 0 aliphatic carbocycles. The zero-order valence-corrected chi connectivity index (χ0v) is 16.4. The van der Waals surface area contributed by atoms with Crippen LogP contribution in [0.25, 0.3) is 0 Å². The smallest absolute Gasteiger partial charge is 0.416 e. The lowest BCUT2D eigenvalue weighted by atomic mass is 10.0. The van der Waals surface area contributed by atoms with Gasteiger partial charge in [0.2, 0.25) is 0 Å². The first kappa shape index (κ1) is 23.1. The lowest BCUT2D eigenvalue weighted by Crippen LogP contribution is -2.32. The fraction of sp³-hybridized carbons (Fsp3) is 0.350. The van der Waals surface area contributed by atoms with Gasteiger partial charge in [-0.05, 0) is 48.9 Å². The van der Waals surface area contributed by atoms with Crippen molar-refractivity contribution in [3.63, 3.8) is 0 Å². The molecule has 0 radical (unpaired) electrons. The summed E-state index contributed by atoms with van der Waals surface area (Å²) in [6.45, 7) is -0.369. The number of halogens is 7. The molecule has 0 aromatic heterocycles. The number of nitrogens with zero attached hydrogens (tertiary/aromatic N) is 1. The van der Waals surface area contributed by atoms with E-state index in [4.69, 9.17) is 21.4 Å². The van der Waals surface area contributed by atoms with Gasteiger partial charge in [0.05, 0.1) is 22.9 Å². The molecule has 0 bridgehead atoms. The van der Waals surface area contributed by atoms with Crippen molar-refractivity contribution in [1.82, 2.24) is 0 Å². The Balaban J connectivity index is 1.77. The molecule has 1 fully saturated rings. The largest absolute Gasteiger partial charge is 0.481 e. The van der Waals surface area contributed by atoms with Crippen molar-refractivity contribution >= 4 is 23.3 Å². The van der Waals surface area contributed by atoms with Crippen LogP contribution in [0.2, 0.25) is 5.02 Å². The van der Waals surface area contributed by atoms with E-state index in [1.165, 1.54) is 29.2 Å². The first-order valence-electron chi connectivity index (χ1n) is 9.04. The van der Waals surface area contributed by atoms with Crippen molar-refractivity contribution in [2.24, 2.45) is 5.92 Å². The molecule has 1 aliphatic rings. The summed E-state index contributed by atoms with van der Waals surface area (Å²) >= 11 is 5.85. The third kappa shape index (κ3) is 5.55. The third-order valence-corrected chi connectivity index (χ3v) is 5.24. The standard InChI is InChI=1S/C20H16ClF6NO3/c21-16-8-11(19(22,23)24)1-6-17(16)31-15-4-2-13(3-5-15)28-10-12(20(25,26)27)7-14(28)9-18(29)30/h1-6,8,12,14H,7,9-10H2,(H,29,30)/t12-,14-/m0/s1. The molecule has 168 valence electrons. The average Bonchev–Trinajstić information content (AvgIpc) is 3.06. The first-order chi connectivity index (χ1) is 14.3. The fourth-order valence-electron chi connectivity index (χ4n) is 3.46. The molecule has 31 heavy (non-hydrogen) atoms. The van der Waals surface area contributed by atoms with E-state index >= 15 is 0 Å². The van der Waals surface area contributed by atoms with E-state index in [1.807, 2.05) is 0 Å². The second kappa shape index (κ2) is 8.49. The molecule has 0 spiro atoms. The number of carbonyl (C=O) groups is 1. The van der Waals surface area contributed by atoms with Gasteiger partial charge in [-0.15, -0.1) is 0 Å². The van der Waals surface area contributed by atoms with Crippen LogP contribution in [0.4, 0.5) is 32.0 Å². The van der Waals surface area contributed by atoms with E-state index in [-0.39, 0.29) is 29.5 Å². The highest BCUT2D eigenvalue weighted by molar-refractivity contribution is 6.32. The number of alkyl halides is 6. The molecule has 3 rings (SSSR count). The van der Waals surface area contributed by atoms with E-state index in [9.17, 15) is 31.1 Å². The Morgan fingerprint density at radius 3 is 2.26 bits per heavy atom. The molecule has 0 amide bonds. The molecule has 1 N–H and O–H groups in total. The Morgan fingerprint density at radius 1 is 1.10 bits per heavy atom. The van der Waals surface area contributed by atoms with Crippen LogP contribution in [0.1, 0.15) is 18.4 Å². The lowest BCUT2D eigenvalue weighted by molar-refractivity contribution is -0.169. The van der Waals surface area contributed by atoms with Crippen molar-refractivity contribution in [1.29, 1.82) is 0 Å². The number of hydrogen-bond acceptors (Lipinski definition) is 3. The Bertz CT molecular complexity index is 945. The van der Waals surface area contributed by atoms with Crippen LogP contribution in [0.3, 0.4) is 0 Å². The maximum absolute atomic E-state index is 13.1. The highest BCUT2D eigenvalue weighted by atomic mass is 35.5.